The van der Waals surface area contributed by atoms with Crippen LogP contribution in [0.3, 0.4) is 0 Å². The van der Waals surface area contributed by atoms with Gasteiger partial charge in [0.2, 0.25) is 10.0 Å². The second-order valence-corrected chi connectivity index (χ2v) is 10.7. The first-order chi connectivity index (χ1) is 13.7. The molecule has 0 spiro atoms. The zero-order valence-corrected chi connectivity index (χ0v) is 19.7. The van der Waals surface area contributed by atoms with Crippen LogP contribution in [0.25, 0.3) is 0 Å². The van der Waals surface area contributed by atoms with Gasteiger partial charge in [0.15, 0.2) is 5.96 Å². The molecule has 2 fully saturated rings. The molecular weight excluding hydrogens is 390 g/mol. The standard InChI is InChI=1S/C20H41N5O3S/c1-17(2)28-13-14-29(26,27)25-11-9-23(10-12-25)20(21-5)22-15-19(4)24-8-6-7-18(3)16-24/h17-19H,6-16H2,1-5H3,(H,21,22). The largest absolute Gasteiger partial charge is 0.378 e. The minimum Gasteiger partial charge on any atom is -0.378 e. The first-order valence-corrected chi connectivity index (χ1v) is 12.6. The number of guanidine groups is 1. The highest BCUT2D eigenvalue weighted by atomic mass is 32.2. The van der Waals surface area contributed by atoms with Crippen molar-refractivity contribution in [3.8, 4) is 0 Å². The van der Waals surface area contributed by atoms with Gasteiger partial charge in [-0.15, -0.1) is 0 Å². The molecule has 0 aromatic heterocycles. The van der Waals surface area contributed by atoms with E-state index < -0.39 is 10.0 Å². The Kier molecular flexibility index (Phi) is 9.65. The summed E-state index contributed by atoms with van der Waals surface area (Å²) in [5, 5.41) is 3.50. The van der Waals surface area contributed by atoms with Crippen LogP contribution < -0.4 is 5.32 Å². The molecule has 0 amide bonds. The van der Waals surface area contributed by atoms with Crippen LogP contribution in [0.2, 0.25) is 0 Å². The van der Waals surface area contributed by atoms with Crippen LogP contribution in [0.4, 0.5) is 0 Å². The van der Waals surface area contributed by atoms with E-state index in [0.29, 0.717) is 32.2 Å². The number of rotatable bonds is 8. The molecule has 170 valence electrons. The Morgan fingerprint density at radius 3 is 2.45 bits per heavy atom. The highest BCUT2D eigenvalue weighted by Crippen LogP contribution is 2.17. The first-order valence-electron chi connectivity index (χ1n) is 11.0. The monoisotopic (exact) mass is 431 g/mol. The van der Waals surface area contributed by atoms with Crippen LogP contribution in [0, 0.1) is 5.92 Å². The average Bonchev–Trinajstić information content (AvgIpc) is 2.68. The summed E-state index contributed by atoms with van der Waals surface area (Å²) in [5.74, 6) is 1.68. The van der Waals surface area contributed by atoms with E-state index in [-0.39, 0.29) is 18.5 Å². The van der Waals surface area contributed by atoms with Gasteiger partial charge < -0.3 is 15.0 Å². The molecular formula is C20H41N5O3S. The quantitative estimate of drug-likeness (QED) is 0.457. The molecule has 2 atom stereocenters. The number of ether oxygens (including phenoxy) is 1. The maximum atomic E-state index is 12.5. The van der Waals surface area contributed by atoms with Crippen LogP contribution >= 0.6 is 0 Å². The molecule has 0 radical (unpaired) electrons. The summed E-state index contributed by atoms with van der Waals surface area (Å²) in [6.45, 7) is 14.1. The van der Waals surface area contributed by atoms with Crippen molar-refractivity contribution in [1.29, 1.82) is 0 Å². The summed E-state index contributed by atoms with van der Waals surface area (Å²) in [6.07, 6.45) is 2.65. The lowest BCUT2D eigenvalue weighted by Gasteiger charge is -2.38. The topological polar surface area (TPSA) is 77.5 Å². The van der Waals surface area contributed by atoms with E-state index in [4.69, 9.17) is 4.74 Å². The summed E-state index contributed by atoms with van der Waals surface area (Å²) in [6, 6.07) is 0.456. The SMILES string of the molecule is CN=C(NCC(C)N1CCCC(C)C1)N1CCN(S(=O)(=O)CCOC(C)C)CC1. The van der Waals surface area contributed by atoms with Gasteiger partial charge in [-0.1, -0.05) is 6.92 Å². The van der Waals surface area contributed by atoms with Crippen molar-refractivity contribution in [2.45, 2.75) is 52.7 Å². The Labute approximate surface area is 177 Å². The van der Waals surface area contributed by atoms with Gasteiger partial charge in [0, 0.05) is 52.4 Å². The fourth-order valence-corrected chi connectivity index (χ4v) is 5.31. The highest BCUT2D eigenvalue weighted by molar-refractivity contribution is 7.89. The molecule has 0 aromatic carbocycles. The minimum absolute atomic E-state index is 0.0456. The lowest BCUT2D eigenvalue weighted by molar-refractivity contribution is 0.0904. The number of hydrogen-bond donors (Lipinski definition) is 1. The van der Waals surface area contributed by atoms with Gasteiger partial charge in [0.25, 0.3) is 0 Å². The Hall–Kier alpha value is -0.900. The van der Waals surface area contributed by atoms with Crippen molar-refractivity contribution < 1.29 is 13.2 Å². The number of piperidine rings is 1. The van der Waals surface area contributed by atoms with Gasteiger partial charge in [0.1, 0.15) is 0 Å². The zero-order chi connectivity index (χ0) is 21.4. The Balaban J connectivity index is 1.78. The molecule has 2 aliphatic rings. The maximum Gasteiger partial charge on any atom is 0.216 e. The van der Waals surface area contributed by atoms with E-state index >= 15 is 0 Å². The summed E-state index contributed by atoms with van der Waals surface area (Å²) < 4.78 is 32.0. The predicted octanol–water partition coefficient (Wildman–Crippen LogP) is 1.05. The molecule has 2 unspecified atom stereocenters. The van der Waals surface area contributed by atoms with Crippen molar-refractivity contribution in [1.82, 2.24) is 19.4 Å². The second kappa shape index (κ2) is 11.5. The molecule has 2 aliphatic heterocycles. The van der Waals surface area contributed by atoms with Gasteiger partial charge in [-0.2, -0.15) is 4.31 Å². The molecule has 2 saturated heterocycles. The zero-order valence-electron chi connectivity index (χ0n) is 18.9. The fraction of sp³-hybridized carbons (Fsp3) is 0.950. The van der Waals surface area contributed by atoms with Gasteiger partial charge in [-0.3, -0.25) is 9.89 Å². The van der Waals surface area contributed by atoms with Crippen molar-refractivity contribution >= 4 is 16.0 Å². The summed E-state index contributed by atoms with van der Waals surface area (Å²) in [5.41, 5.74) is 0. The maximum absolute atomic E-state index is 12.5. The van der Waals surface area contributed by atoms with Crippen LogP contribution in [-0.2, 0) is 14.8 Å². The molecule has 2 heterocycles. The summed E-state index contributed by atoms with van der Waals surface area (Å²) in [4.78, 5) is 9.13. The summed E-state index contributed by atoms with van der Waals surface area (Å²) in [7, 11) is -1.47. The minimum atomic E-state index is -3.27. The molecule has 29 heavy (non-hydrogen) atoms. The van der Waals surface area contributed by atoms with Crippen LogP contribution in [0.5, 0.6) is 0 Å². The molecule has 0 bridgehead atoms. The van der Waals surface area contributed by atoms with Gasteiger partial charge >= 0.3 is 0 Å². The Morgan fingerprint density at radius 2 is 1.86 bits per heavy atom. The van der Waals surface area contributed by atoms with E-state index in [1.165, 1.54) is 25.9 Å². The number of nitrogens with zero attached hydrogens (tertiary/aromatic N) is 4. The molecule has 9 heteroatoms. The number of piperazine rings is 1. The van der Waals surface area contributed by atoms with Crippen molar-refractivity contribution in [3.63, 3.8) is 0 Å². The van der Waals surface area contributed by atoms with Gasteiger partial charge in [-0.05, 0) is 46.1 Å². The van der Waals surface area contributed by atoms with Gasteiger partial charge in [-0.25, -0.2) is 8.42 Å². The van der Waals surface area contributed by atoms with E-state index in [2.05, 4.69) is 34.0 Å². The van der Waals surface area contributed by atoms with E-state index in [1.807, 2.05) is 13.8 Å². The van der Waals surface area contributed by atoms with Crippen molar-refractivity contribution in [3.05, 3.63) is 0 Å². The van der Waals surface area contributed by atoms with Crippen molar-refractivity contribution in [2.75, 3.05) is 65.2 Å². The Morgan fingerprint density at radius 1 is 1.17 bits per heavy atom. The number of hydrogen-bond acceptors (Lipinski definition) is 5. The van der Waals surface area contributed by atoms with E-state index in [1.54, 1.807) is 11.4 Å². The third kappa shape index (κ3) is 7.70. The highest BCUT2D eigenvalue weighted by Gasteiger charge is 2.28. The average molecular weight is 432 g/mol. The molecule has 0 saturated carbocycles. The lowest BCUT2D eigenvalue weighted by Crippen LogP contribution is -2.55. The van der Waals surface area contributed by atoms with E-state index in [9.17, 15) is 8.42 Å². The lowest BCUT2D eigenvalue weighted by atomic mass is 9.99. The first kappa shape index (κ1) is 24.4. The third-order valence-corrected chi connectivity index (χ3v) is 7.64. The second-order valence-electron chi connectivity index (χ2n) is 8.64. The predicted molar refractivity (Wildman–Crippen MR) is 119 cm³/mol. The number of nitrogens with one attached hydrogen (secondary N) is 1. The molecule has 0 aliphatic carbocycles. The normalized spacial score (nSPS) is 24.1. The molecule has 0 aromatic rings. The molecule has 2 rings (SSSR count). The van der Waals surface area contributed by atoms with Crippen LogP contribution in [-0.4, -0.2) is 106 Å². The Bertz CT molecular complexity index is 618. The smallest absolute Gasteiger partial charge is 0.216 e. The fourth-order valence-electron chi connectivity index (χ4n) is 4.02. The number of aliphatic imine (C=N–C) groups is 1. The third-order valence-electron chi connectivity index (χ3n) is 5.80. The van der Waals surface area contributed by atoms with Crippen LogP contribution in [0.15, 0.2) is 4.99 Å². The number of likely N-dealkylation sites (tertiary alicyclic amines) is 1. The van der Waals surface area contributed by atoms with E-state index in [0.717, 1.165) is 18.4 Å². The molecule has 8 nitrogen and oxygen atoms in total. The van der Waals surface area contributed by atoms with Crippen molar-refractivity contribution in [2.24, 2.45) is 10.9 Å². The van der Waals surface area contributed by atoms with Crippen LogP contribution in [0.1, 0.15) is 40.5 Å². The number of sulfonamides is 1. The van der Waals surface area contributed by atoms with Gasteiger partial charge in [0.05, 0.1) is 18.5 Å². The summed E-state index contributed by atoms with van der Waals surface area (Å²) >= 11 is 0. The molecule has 1 N–H and O–H groups in total.